The molecule has 0 N–H and O–H groups in total. The minimum atomic E-state index is 0.268. The molecule has 0 radical (unpaired) electrons. The largest absolute Gasteiger partial charge is 0.265 e. The van der Waals surface area contributed by atoms with Gasteiger partial charge in [-0.2, -0.15) is 0 Å². The Morgan fingerprint density at radius 3 is 2.39 bits per heavy atom. The van der Waals surface area contributed by atoms with E-state index < -0.39 is 0 Å². The first-order chi connectivity index (χ1) is 8.62. The van der Waals surface area contributed by atoms with Gasteiger partial charge in [-0.25, -0.2) is 0 Å². The zero-order valence-corrected chi connectivity index (χ0v) is 12.3. The summed E-state index contributed by atoms with van der Waals surface area (Å²) < 4.78 is 0. The van der Waals surface area contributed by atoms with Crippen molar-refractivity contribution in [1.82, 2.24) is 4.98 Å². The van der Waals surface area contributed by atoms with Crippen molar-refractivity contribution in [2.75, 3.05) is 0 Å². The van der Waals surface area contributed by atoms with Crippen LogP contribution in [0.5, 0.6) is 0 Å². The average Bonchev–Trinajstić information content (AvgIpc) is 2.79. The van der Waals surface area contributed by atoms with Gasteiger partial charge in [0.15, 0.2) is 0 Å². The maximum absolute atomic E-state index is 6.80. The van der Waals surface area contributed by atoms with Crippen LogP contribution in [0.1, 0.15) is 51.5 Å². The van der Waals surface area contributed by atoms with Crippen LogP contribution in [-0.2, 0) is 6.42 Å². The summed E-state index contributed by atoms with van der Waals surface area (Å²) in [5.74, 6) is 0.738. The number of aromatic nitrogens is 1. The summed E-state index contributed by atoms with van der Waals surface area (Å²) >= 11 is 6.80. The summed E-state index contributed by atoms with van der Waals surface area (Å²) in [5.41, 5.74) is 1.69. The predicted molar refractivity (Wildman–Crippen MR) is 77.9 cm³/mol. The zero-order valence-electron chi connectivity index (χ0n) is 11.5. The molecule has 0 aliphatic heterocycles. The number of rotatable bonds is 5. The third kappa shape index (κ3) is 3.26. The Bertz CT molecular complexity index is 355. The fraction of sp³-hybridized carbons (Fsp3) is 0.688. The molecule has 0 saturated heterocycles. The van der Waals surface area contributed by atoms with Gasteiger partial charge in [0, 0.05) is 17.8 Å². The predicted octanol–water partition coefficient (Wildman–Crippen LogP) is 4.84. The molecule has 0 bridgehead atoms. The number of hydrogen-bond donors (Lipinski definition) is 0. The number of pyridine rings is 1. The van der Waals surface area contributed by atoms with Gasteiger partial charge >= 0.3 is 0 Å². The van der Waals surface area contributed by atoms with Gasteiger partial charge in [0.05, 0.1) is 0 Å². The number of halogens is 1. The Labute approximate surface area is 116 Å². The van der Waals surface area contributed by atoms with E-state index in [9.17, 15) is 0 Å². The highest BCUT2D eigenvalue weighted by Gasteiger charge is 2.40. The van der Waals surface area contributed by atoms with E-state index >= 15 is 0 Å². The second-order valence-electron chi connectivity index (χ2n) is 6.19. The highest BCUT2D eigenvalue weighted by molar-refractivity contribution is 6.21. The Morgan fingerprint density at radius 2 is 1.83 bits per heavy atom. The first kappa shape index (κ1) is 13.9. The van der Waals surface area contributed by atoms with E-state index in [2.05, 4.69) is 31.0 Å². The van der Waals surface area contributed by atoms with E-state index in [-0.39, 0.29) is 5.38 Å². The maximum atomic E-state index is 6.80. The van der Waals surface area contributed by atoms with Crippen LogP contribution in [0.3, 0.4) is 0 Å². The molecule has 1 aromatic heterocycles. The average molecular weight is 266 g/mol. The molecule has 1 heterocycles. The minimum Gasteiger partial charge on any atom is -0.265 e. The molecule has 2 heteroatoms. The van der Waals surface area contributed by atoms with Gasteiger partial charge < -0.3 is 0 Å². The third-order valence-corrected chi connectivity index (χ3v) is 4.86. The molecule has 100 valence electrons. The molecule has 1 unspecified atom stereocenters. The summed E-state index contributed by atoms with van der Waals surface area (Å²) in [6.07, 6.45) is 11.3. The van der Waals surface area contributed by atoms with Crippen molar-refractivity contribution in [3.8, 4) is 0 Å². The normalized spacial score (nSPS) is 20.2. The molecule has 0 amide bonds. The highest BCUT2D eigenvalue weighted by atomic mass is 35.5. The summed E-state index contributed by atoms with van der Waals surface area (Å²) in [6, 6.07) is 4.18. The first-order valence-corrected chi connectivity index (χ1v) is 7.59. The fourth-order valence-corrected chi connectivity index (χ4v) is 3.97. The van der Waals surface area contributed by atoms with E-state index in [1.807, 2.05) is 12.4 Å². The Kier molecular flexibility index (Phi) is 4.66. The molecule has 2 rings (SSSR count). The molecule has 1 atom stereocenters. The van der Waals surface area contributed by atoms with Crippen LogP contribution in [0.2, 0.25) is 0 Å². The monoisotopic (exact) mass is 265 g/mol. The number of nitrogens with zero attached hydrogens (tertiary/aromatic N) is 1. The van der Waals surface area contributed by atoms with Crippen LogP contribution in [0.4, 0.5) is 0 Å². The van der Waals surface area contributed by atoms with Gasteiger partial charge in [-0.1, -0.05) is 26.7 Å². The standard InChI is InChI=1S/C16H24ClN/c1-13(2)12-16(7-3-4-8-16)15(17)11-14-5-9-18-10-6-14/h5-6,9-10,13,15H,3-4,7-8,11-12H2,1-2H3. The van der Waals surface area contributed by atoms with E-state index in [4.69, 9.17) is 11.6 Å². The topological polar surface area (TPSA) is 12.9 Å². The van der Waals surface area contributed by atoms with Gasteiger partial charge in [0.2, 0.25) is 0 Å². The Morgan fingerprint density at radius 1 is 1.22 bits per heavy atom. The smallest absolute Gasteiger partial charge is 0.0432 e. The Balaban J connectivity index is 2.06. The molecule has 1 fully saturated rings. The van der Waals surface area contributed by atoms with Gasteiger partial charge in [-0.15, -0.1) is 11.6 Å². The van der Waals surface area contributed by atoms with Crippen molar-refractivity contribution < 1.29 is 0 Å². The van der Waals surface area contributed by atoms with Crippen molar-refractivity contribution in [2.45, 2.75) is 57.7 Å². The SMILES string of the molecule is CC(C)CC1(C(Cl)Cc2ccncc2)CCCC1. The first-order valence-electron chi connectivity index (χ1n) is 7.15. The van der Waals surface area contributed by atoms with Crippen LogP contribution in [-0.4, -0.2) is 10.4 Å². The second-order valence-corrected chi connectivity index (χ2v) is 6.72. The zero-order chi connectivity index (χ0) is 13.0. The molecule has 0 spiro atoms. The molecule has 1 aliphatic carbocycles. The lowest BCUT2D eigenvalue weighted by Crippen LogP contribution is -2.31. The lowest BCUT2D eigenvalue weighted by molar-refractivity contribution is 0.221. The van der Waals surface area contributed by atoms with Crippen molar-refractivity contribution in [1.29, 1.82) is 0 Å². The lowest BCUT2D eigenvalue weighted by Gasteiger charge is -2.35. The maximum Gasteiger partial charge on any atom is 0.0432 e. The molecule has 0 aromatic carbocycles. The van der Waals surface area contributed by atoms with Crippen LogP contribution < -0.4 is 0 Å². The van der Waals surface area contributed by atoms with Crippen LogP contribution in [0.15, 0.2) is 24.5 Å². The fourth-order valence-electron chi connectivity index (χ4n) is 3.48. The van der Waals surface area contributed by atoms with Crippen molar-refractivity contribution in [3.05, 3.63) is 30.1 Å². The van der Waals surface area contributed by atoms with Crippen molar-refractivity contribution in [3.63, 3.8) is 0 Å². The van der Waals surface area contributed by atoms with E-state index in [1.54, 1.807) is 0 Å². The quantitative estimate of drug-likeness (QED) is 0.695. The van der Waals surface area contributed by atoms with Gasteiger partial charge in [-0.3, -0.25) is 4.98 Å². The van der Waals surface area contributed by atoms with Crippen molar-refractivity contribution >= 4 is 11.6 Å². The molecule has 1 nitrogen and oxygen atoms in total. The van der Waals surface area contributed by atoms with Gasteiger partial charge in [-0.05, 0) is 54.7 Å². The molecular weight excluding hydrogens is 242 g/mol. The second kappa shape index (κ2) is 6.06. The van der Waals surface area contributed by atoms with Crippen LogP contribution in [0.25, 0.3) is 0 Å². The van der Waals surface area contributed by atoms with Crippen LogP contribution >= 0.6 is 11.6 Å². The molecule has 1 saturated carbocycles. The number of hydrogen-bond acceptors (Lipinski definition) is 1. The highest BCUT2D eigenvalue weighted by Crippen LogP contribution is 2.48. The summed E-state index contributed by atoms with van der Waals surface area (Å²) in [4.78, 5) is 4.07. The molecule has 18 heavy (non-hydrogen) atoms. The lowest BCUT2D eigenvalue weighted by atomic mass is 9.74. The third-order valence-electron chi connectivity index (χ3n) is 4.24. The van der Waals surface area contributed by atoms with Gasteiger partial charge in [0.1, 0.15) is 0 Å². The molecule has 1 aromatic rings. The molecular formula is C16H24ClN. The number of alkyl halides is 1. The molecule has 1 aliphatic rings. The van der Waals surface area contributed by atoms with Gasteiger partial charge in [0.25, 0.3) is 0 Å². The minimum absolute atomic E-state index is 0.268. The van der Waals surface area contributed by atoms with Crippen LogP contribution in [0, 0.1) is 11.3 Å². The van der Waals surface area contributed by atoms with Crippen molar-refractivity contribution in [2.24, 2.45) is 11.3 Å². The van der Waals surface area contributed by atoms with E-state index in [1.165, 1.54) is 37.7 Å². The van der Waals surface area contributed by atoms with E-state index in [0.717, 1.165) is 12.3 Å². The summed E-state index contributed by atoms with van der Waals surface area (Å²) in [7, 11) is 0. The van der Waals surface area contributed by atoms with E-state index in [0.29, 0.717) is 5.41 Å². The summed E-state index contributed by atoms with van der Waals surface area (Å²) in [6.45, 7) is 4.63. The summed E-state index contributed by atoms with van der Waals surface area (Å²) in [5, 5.41) is 0.268. The Hall–Kier alpha value is -0.560.